The maximum atomic E-state index is 3.45. The van der Waals surface area contributed by atoms with Gasteiger partial charge in [-0.1, -0.05) is 43.7 Å². The van der Waals surface area contributed by atoms with E-state index in [1.165, 1.54) is 22.0 Å². The Kier molecular flexibility index (Phi) is 4.43. The molecule has 0 saturated carbocycles. The third kappa shape index (κ3) is 3.71. The Balaban J connectivity index is 2.09. The molecule has 0 aliphatic heterocycles. The van der Waals surface area contributed by atoms with Crippen molar-refractivity contribution in [2.75, 3.05) is 25.0 Å². The lowest BCUT2D eigenvalue weighted by atomic mass is 10.1. The molecule has 0 saturated heterocycles. The average Bonchev–Trinajstić information content (AvgIpc) is 2.37. The van der Waals surface area contributed by atoms with Crippen molar-refractivity contribution in [2.24, 2.45) is 0 Å². The predicted octanol–water partition coefficient (Wildman–Crippen LogP) is 3.58. The summed E-state index contributed by atoms with van der Waals surface area (Å²) >= 11 is 0. The van der Waals surface area contributed by atoms with Gasteiger partial charge in [-0.05, 0) is 29.8 Å². The number of hydrogen-bond donors (Lipinski definition) is 1. The van der Waals surface area contributed by atoms with Crippen LogP contribution in [0, 0.1) is 6.92 Å². The zero-order chi connectivity index (χ0) is 13.8. The van der Waals surface area contributed by atoms with Crippen molar-refractivity contribution in [3.63, 3.8) is 0 Å². The standard InChI is InChI=1S/C17H24N2/c1-13(2)18-9-10-19(4)17-8-7-15-11-14(3)5-6-16(15)12-17/h5-8,11-13,18H,9-10H2,1-4H3. The fourth-order valence-corrected chi connectivity index (χ4v) is 2.24. The van der Waals surface area contributed by atoms with Gasteiger partial charge in [0.2, 0.25) is 0 Å². The minimum absolute atomic E-state index is 0.549. The van der Waals surface area contributed by atoms with Crippen molar-refractivity contribution < 1.29 is 0 Å². The fraction of sp³-hybridized carbons (Fsp3) is 0.412. The molecule has 0 aromatic heterocycles. The maximum Gasteiger partial charge on any atom is 0.0370 e. The number of fused-ring (bicyclic) bond motifs is 1. The molecule has 0 heterocycles. The first kappa shape index (κ1) is 13.9. The Morgan fingerprint density at radius 2 is 1.74 bits per heavy atom. The van der Waals surface area contributed by atoms with Crippen molar-refractivity contribution in [1.82, 2.24) is 5.32 Å². The highest BCUT2D eigenvalue weighted by molar-refractivity contribution is 5.86. The van der Waals surface area contributed by atoms with E-state index in [9.17, 15) is 0 Å². The molecule has 19 heavy (non-hydrogen) atoms. The third-order valence-corrected chi connectivity index (χ3v) is 3.42. The first-order valence-corrected chi connectivity index (χ1v) is 7.01. The van der Waals surface area contributed by atoms with Crippen LogP contribution in [0.25, 0.3) is 10.8 Å². The van der Waals surface area contributed by atoms with Crippen molar-refractivity contribution >= 4 is 16.5 Å². The van der Waals surface area contributed by atoms with Crippen LogP contribution < -0.4 is 10.2 Å². The Labute approximate surface area is 116 Å². The summed E-state index contributed by atoms with van der Waals surface area (Å²) in [5.41, 5.74) is 2.59. The van der Waals surface area contributed by atoms with E-state index < -0.39 is 0 Å². The number of nitrogens with one attached hydrogen (secondary N) is 1. The number of aryl methyl sites for hydroxylation is 1. The topological polar surface area (TPSA) is 15.3 Å². The molecule has 0 amide bonds. The van der Waals surface area contributed by atoms with Crippen molar-refractivity contribution in [3.8, 4) is 0 Å². The van der Waals surface area contributed by atoms with Gasteiger partial charge in [0.25, 0.3) is 0 Å². The summed E-state index contributed by atoms with van der Waals surface area (Å²) in [5.74, 6) is 0. The molecule has 0 radical (unpaired) electrons. The Morgan fingerprint density at radius 3 is 2.47 bits per heavy atom. The highest BCUT2D eigenvalue weighted by atomic mass is 15.1. The largest absolute Gasteiger partial charge is 0.373 e. The number of hydrogen-bond acceptors (Lipinski definition) is 2. The summed E-state index contributed by atoms with van der Waals surface area (Å²) in [4.78, 5) is 2.30. The van der Waals surface area contributed by atoms with Crippen molar-refractivity contribution in [1.29, 1.82) is 0 Å². The van der Waals surface area contributed by atoms with Gasteiger partial charge in [-0.25, -0.2) is 0 Å². The number of rotatable bonds is 5. The highest BCUT2D eigenvalue weighted by Crippen LogP contribution is 2.22. The third-order valence-electron chi connectivity index (χ3n) is 3.42. The van der Waals surface area contributed by atoms with Crippen LogP contribution in [-0.2, 0) is 0 Å². The molecule has 2 heteroatoms. The van der Waals surface area contributed by atoms with Gasteiger partial charge in [0, 0.05) is 31.9 Å². The van der Waals surface area contributed by atoms with Gasteiger partial charge in [-0.2, -0.15) is 0 Å². The summed E-state index contributed by atoms with van der Waals surface area (Å²) in [6.07, 6.45) is 0. The van der Waals surface area contributed by atoms with E-state index in [1.807, 2.05) is 0 Å². The van der Waals surface area contributed by atoms with Crippen LogP contribution in [0.1, 0.15) is 19.4 Å². The Bertz CT molecular complexity index is 546. The van der Waals surface area contributed by atoms with E-state index >= 15 is 0 Å². The van der Waals surface area contributed by atoms with Crippen molar-refractivity contribution in [3.05, 3.63) is 42.0 Å². The zero-order valence-electron chi connectivity index (χ0n) is 12.4. The summed E-state index contributed by atoms with van der Waals surface area (Å²) in [5, 5.41) is 6.08. The van der Waals surface area contributed by atoms with Gasteiger partial charge >= 0.3 is 0 Å². The SMILES string of the molecule is Cc1ccc2cc(N(C)CCNC(C)C)ccc2c1. The van der Waals surface area contributed by atoms with Crippen LogP contribution >= 0.6 is 0 Å². The molecule has 2 rings (SSSR count). The highest BCUT2D eigenvalue weighted by Gasteiger charge is 2.02. The molecule has 2 aromatic carbocycles. The van der Waals surface area contributed by atoms with Crippen LogP contribution in [0.2, 0.25) is 0 Å². The quantitative estimate of drug-likeness (QED) is 0.879. The van der Waals surface area contributed by atoms with Gasteiger partial charge in [-0.3, -0.25) is 0 Å². The van der Waals surface area contributed by atoms with Gasteiger partial charge in [0.15, 0.2) is 0 Å². The van der Waals surface area contributed by atoms with Crippen LogP contribution in [0.15, 0.2) is 36.4 Å². The molecule has 1 N–H and O–H groups in total. The molecule has 0 aliphatic carbocycles. The summed E-state index contributed by atoms with van der Waals surface area (Å²) < 4.78 is 0. The zero-order valence-corrected chi connectivity index (χ0v) is 12.4. The maximum absolute atomic E-state index is 3.45. The lowest BCUT2D eigenvalue weighted by Crippen LogP contribution is -2.32. The molecular formula is C17H24N2. The second-order valence-electron chi connectivity index (χ2n) is 5.57. The average molecular weight is 256 g/mol. The van der Waals surface area contributed by atoms with Gasteiger partial charge in [0.05, 0.1) is 0 Å². The second kappa shape index (κ2) is 6.07. The Morgan fingerprint density at radius 1 is 1.05 bits per heavy atom. The first-order chi connectivity index (χ1) is 9.06. The van der Waals surface area contributed by atoms with E-state index in [0.717, 1.165) is 13.1 Å². The molecule has 0 fully saturated rings. The minimum atomic E-state index is 0.549. The first-order valence-electron chi connectivity index (χ1n) is 7.01. The molecule has 102 valence electrons. The lowest BCUT2D eigenvalue weighted by molar-refractivity contribution is 0.589. The van der Waals surface area contributed by atoms with Gasteiger partial charge < -0.3 is 10.2 Å². The van der Waals surface area contributed by atoms with Crippen molar-refractivity contribution in [2.45, 2.75) is 26.8 Å². The summed E-state index contributed by atoms with van der Waals surface area (Å²) in [6, 6.07) is 13.8. The summed E-state index contributed by atoms with van der Waals surface area (Å²) in [6.45, 7) is 8.53. The number of benzene rings is 2. The van der Waals surface area contributed by atoms with Crippen LogP contribution in [0.5, 0.6) is 0 Å². The van der Waals surface area contributed by atoms with Crippen LogP contribution in [0.3, 0.4) is 0 Å². The van der Waals surface area contributed by atoms with Crippen LogP contribution in [0.4, 0.5) is 5.69 Å². The normalized spacial score (nSPS) is 11.2. The lowest BCUT2D eigenvalue weighted by Gasteiger charge is -2.21. The molecule has 0 unspecified atom stereocenters. The van der Waals surface area contributed by atoms with Gasteiger partial charge in [0.1, 0.15) is 0 Å². The fourth-order valence-electron chi connectivity index (χ4n) is 2.24. The monoisotopic (exact) mass is 256 g/mol. The molecular weight excluding hydrogens is 232 g/mol. The van der Waals surface area contributed by atoms with E-state index in [-0.39, 0.29) is 0 Å². The number of anilines is 1. The van der Waals surface area contributed by atoms with E-state index in [4.69, 9.17) is 0 Å². The predicted molar refractivity (Wildman–Crippen MR) is 85.1 cm³/mol. The molecule has 0 bridgehead atoms. The number of likely N-dealkylation sites (N-methyl/N-ethyl adjacent to an activating group) is 1. The molecule has 0 spiro atoms. The van der Waals surface area contributed by atoms with E-state index in [2.05, 4.69) is 74.4 Å². The van der Waals surface area contributed by atoms with E-state index in [1.54, 1.807) is 0 Å². The second-order valence-corrected chi connectivity index (χ2v) is 5.57. The number of nitrogens with zero attached hydrogens (tertiary/aromatic N) is 1. The molecule has 2 nitrogen and oxygen atoms in total. The molecule has 2 aromatic rings. The van der Waals surface area contributed by atoms with Gasteiger partial charge in [-0.15, -0.1) is 0 Å². The Hall–Kier alpha value is -1.54. The minimum Gasteiger partial charge on any atom is -0.373 e. The smallest absolute Gasteiger partial charge is 0.0370 e. The van der Waals surface area contributed by atoms with Crippen LogP contribution in [-0.4, -0.2) is 26.2 Å². The molecule has 0 aliphatic rings. The molecule has 0 atom stereocenters. The van der Waals surface area contributed by atoms with E-state index in [0.29, 0.717) is 6.04 Å². The summed E-state index contributed by atoms with van der Waals surface area (Å²) in [7, 11) is 2.15.